The third kappa shape index (κ3) is 1.88. The Hall–Kier alpha value is 0.235. The predicted molar refractivity (Wildman–Crippen MR) is 41.9 cm³/mol. The number of methoxy groups -OCH3 is 1. The summed E-state index contributed by atoms with van der Waals surface area (Å²) in [7, 11) is 6.95. The first-order valence-electron chi connectivity index (χ1n) is 3.39. The lowest BCUT2D eigenvalue weighted by molar-refractivity contribution is -0.0173. The molecule has 62 valence electrons. The third-order valence-electron chi connectivity index (χ3n) is 1.68. The molecule has 1 saturated heterocycles. The zero-order valence-corrected chi connectivity index (χ0v) is 6.99. The second kappa shape index (κ2) is 3.76. The number of hydrogen-bond acceptors (Lipinski definition) is 3. The zero-order chi connectivity index (χ0) is 8.43. The lowest BCUT2D eigenvalue weighted by atomic mass is 9.95. The molecular formula is C6H10BClO3. The van der Waals surface area contributed by atoms with E-state index in [1.807, 2.05) is 0 Å². The van der Waals surface area contributed by atoms with Crippen LogP contribution in [0.15, 0.2) is 0 Å². The molecule has 3 nitrogen and oxygen atoms in total. The standard InChI is InChI=1S/C6H10BClO3/c1-10-2-3-5(9)4(8)6(7)11-3/h3-6,9H,2H2,1H3. The van der Waals surface area contributed by atoms with Crippen LogP contribution in [0.4, 0.5) is 0 Å². The van der Waals surface area contributed by atoms with Crippen molar-refractivity contribution >= 4 is 19.4 Å². The fourth-order valence-corrected chi connectivity index (χ4v) is 1.28. The van der Waals surface area contributed by atoms with Crippen molar-refractivity contribution in [2.24, 2.45) is 0 Å². The first kappa shape index (κ1) is 9.32. The van der Waals surface area contributed by atoms with Crippen molar-refractivity contribution in [1.82, 2.24) is 0 Å². The molecule has 1 heterocycles. The Balaban J connectivity index is 2.45. The molecule has 5 heteroatoms. The summed E-state index contributed by atoms with van der Waals surface area (Å²) in [5, 5.41) is 8.81. The van der Waals surface area contributed by atoms with E-state index in [0.29, 0.717) is 6.61 Å². The van der Waals surface area contributed by atoms with Crippen LogP contribution in [0.5, 0.6) is 0 Å². The van der Waals surface area contributed by atoms with Crippen molar-refractivity contribution in [3.05, 3.63) is 0 Å². The number of aliphatic hydroxyl groups excluding tert-OH is 1. The quantitative estimate of drug-likeness (QED) is 0.455. The van der Waals surface area contributed by atoms with Crippen LogP contribution >= 0.6 is 11.6 Å². The molecule has 0 amide bonds. The molecule has 0 aromatic heterocycles. The van der Waals surface area contributed by atoms with Gasteiger partial charge in [0.15, 0.2) is 0 Å². The van der Waals surface area contributed by atoms with Crippen LogP contribution in [0, 0.1) is 0 Å². The summed E-state index contributed by atoms with van der Waals surface area (Å²) >= 11 is 5.69. The van der Waals surface area contributed by atoms with Gasteiger partial charge in [0.1, 0.15) is 20.1 Å². The summed E-state index contributed by atoms with van der Waals surface area (Å²) in [6, 6.07) is -0.591. The van der Waals surface area contributed by atoms with Gasteiger partial charge in [-0.25, -0.2) is 0 Å². The minimum atomic E-state index is -0.730. The van der Waals surface area contributed by atoms with Gasteiger partial charge in [-0.15, -0.1) is 11.6 Å². The molecule has 4 unspecified atom stereocenters. The SMILES string of the molecule is [B]C1OC(COC)C(O)C1Cl. The molecule has 1 aliphatic rings. The highest BCUT2D eigenvalue weighted by atomic mass is 35.5. The van der Waals surface area contributed by atoms with E-state index in [4.69, 9.17) is 28.9 Å². The second-order valence-corrected chi connectivity index (χ2v) is 3.03. The van der Waals surface area contributed by atoms with E-state index >= 15 is 0 Å². The second-order valence-electron chi connectivity index (χ2n) is 2.53. The first-order valence-corrected chi connectivity index (χ1v) is 3.82. The molecule has 0 spiro atoms. The molecule has 1 N–H and O–H groups in total. The Morgan fingerprint density at radius 2 is 2.36 bits per heavy atom. The van der Waals surface area contributed by atoms with Crippen molar-refractivity contribution in [2.45, 2.75) is 23.6 Å². The highest BCUT2D eigenvalue weighted by Crippen LogP contribution is 2.23. The van der Waals surface area contributed by atoms with Gasteiger partial charge in [0.25, 0.3) is 0 Å². The summed E-state index contributed by atoms with van der Waals surface area (Å²) in [4.78, 5) is 0. The minimum Gasteiger partial charge on any atom is -0.389 e. The third-order valence-corrected chi connectivity index (χ3v) is 2.19. The minimum absolute atomic E-state index is 0.318. The fourth-order valence-electron chi connectivity index (χ4n) is 1.06. The van der Waals surface area contributed by atoms with Crippen LogP contribution in [0.3, 0.4) is 0 Å². The maximum atomic E-state index is 9.34. The Morgan fingerprint density at radius 3 is 2.73 bits per heavy atom. The number of alkyl halides is 1. The molecule has 0 aliphatic carbocycles. The molecule has 11 heavy (non-hydrogen) atoms. The molecule has 0 aromatic carbocycles. The van der Waals surface area contributed by atoms with Crippen LogP contribution in [0.1, 0.15) is 0 Å². The number of aliphatic hydroxyl groups is 1. The van der Waals surface area contributed by atoms with Gasteiger partial charge in [-0.2, -0.15) is 0 Å². The summed E-state index contributed by atoms with van der Waals surface area (Å²) < 4.78 is 9.89. The highest BCUT2D eigenvalue weighted by Gasteiger charge is 2.39. The van der Waals surface area contributed by atoms with Crippen LogP contribution < -0.4 is 0 Å². The molecule has 4 atom stereocenters. The summed E-state index contributed by atoms with van der Waals surface area (Å²) in [6.45, 7) is 0.318. The fraction of sp³-hybridized carbons (Fsp3) is 1.00. The van der Waals surface area contributed by atoms with Gasteiger partial charge in [0.2, 0.25) is 0 Å². The molecule has 1 fully saturated rings. The average Bonchev–Trinajstić information content (AvgIpc) is 2.19. The summed E-state index contributed by atoms with van der Waals surface area (Å²) in [6.07, 6.45) is -1.12. The summed E-state index contributed by atoms with van der Waals surface area (Å²) in [5.41, 5.74) is 0. The van der Waals surface area contributed by atoms with Crippen molar-refractivity contribution < 1.29 is 14.6 Å². The topological polar surface area (TPSA) is 38.7 Å². The molecule has 0 aromatic rings. The van der Waals surface area contributed by atoms with Crippen molar-refractivity contribution in [3.63, 3.8) is 0 Å². The zero-order valence-electron chi connectivity index (χ0n) is 6.24. The van der Waals surface area contributed by atoms with E-state index in [1.165, 1.54) is 7.11 Å². The maximum Gasteiger partial charge on any atom is 0.111 e. The van der Waals surface area contributed by atoms with Crippen molar-refractivity contribution in [1.29, 1.82) is 0 Å². The molecular weight excluding hydrogens is 166 g/mol. The van der Waals surface area contributed by atoms with Gasteiger partial charge in [-0.1, -0.05) is 0 Å². The normalized spacial score (nSPS) is 44.6. The van der Waals surface area contributed by atoms with E-state index in [0.717, 1.165) is 0 Å². The van der Waals surface area contributed by atoms with Gasteiger partial charge in [-0.05, 0) is 0 Å². The Kier molecular flexibility index (Phi) is 3.19. The maximum absolute atomic E-state index is 9.34. The smallest absolute Gasteiger partial charge is 0.111 e. The number of ether oxygens (including phenoxy) is 2. The molecule has 1 rings (SSSR count). The lowest BCUT2D eigenvalue weighted by Crippen LogP contribution is -2.30. The molecule has 0 saturated carbocycles. The Labute approximate surface area is 72.0 Å². The van der Waals surface area contributed by atoms with Gasteiger partial charge in [-0.3, -0.25) is 0 Å². The highest BCUT2D eigenvalue weighted by molar-refractivity contribution is 6.27. The van der Waals surface area contributed by atoms with E-state index < -0.39 is 23.6 Å². The van der Waals surface area contributed by atoms with Crippen molar-refractivity contribution in [3.8, 4) is 0 Å². The van der Waals surface area contributed by atoms with Crippen molar-refractivity contribution in [2.75, 3.05) is 13.7 Å². The van der Waals surface area contributed by atoms with Crippen LogP contribution in [-0.2, 0) is 9.47 Å². The monoisotopic (exact) mass is 176 g/mol. The molecule has 2 radical (unpaired) electrons. The Morgan fingerprint density at radius 1 is 1.73 bits per heavy atom. The summed E-state index contributed by atoms with van der Waals surface area (Å²) in [5.74, 6) is 0. The average molecular weight is 176 g/mol. The largest absolute Gasteiger partial charge is 0.389 e. The van der Waals surface area contributed by atoms with E-state index in [2.05, 4.69) is 0 Å². The van der Waals surface area contributed by atoms with E-state index in [1.54, 1.807) is 0 Å². The molecule has 1 aliphatic heterocycles. The van der Waals surface area contributed by atoms with Crippen LogP contribution in [-0.4, -0.2) is 50.3 Å². The van der Waals surface area contributed by atoms with E-state index in [9.17, 15) is 5.11 Å². The van der Waals surface area contributed by atoms with Gasteiger partial charge >= 0.3 is 0 Å². The first-order chi connectivity index (χ1) is 5.16. The predicted octanol–water partition coefficient (Wildman–Crippen LogP) is -0.506. The van der Waals surface area contributed by atoms with Crippen LogP contribution in [0.2, 0.25) is 0 Å². The van der Waals surface area contributed by atoms with Gasteiger partial charge in [0.05, 0.1) is 12.0 Å². The number of halogens is 1. The number of rotatable bonds is 2. The van der Waals surface area contributed by atoms with Gasteiger partial charge < -0.3 is 14.6 Å². The number of hydrogen-bond donors (Lipinski definition) is 1. The Bertz CT molecular complexity index is 135. The molecule has 0 bridgehead atoms. The van der Waals surface area contributed by atoms with E-state index in [-0.39, 0.29) is 0 Å². The lowest BCUT2D eigenvalue weighted by Gasteiger charge is -2.12. The van der Waals surface area contributed by atoms with Crippen LogP contribution in [0.25, 0.3) is 0 Å². The van der Waals surface area contributed by atoms with Gasteiger partial charge in [0, 0.05) is 13.1 Å².